The van der Waals surface area contributed by atoms with Crippen LogP contribution in [0.4, 0.5) is 0 Å². The molecular formula is C52H105NO3. The number of amides is 1. The number of hydrogen-bond acceptors (Lipinski definition) is 3. The molecule has 0 aliphatic heterocycles. The summed E-state index contributed by atoms with van der Waals surface area (Å²) in [5.41, 5.74) is 0. The van der Waals surface area contributed by atoms with E-state index in [1.54, 1.807) is 0 Å². The minimum atomic E-state index is -0.653. The minimum Gasteiger partial charge on any atom is -0.394 e. The molecular weight excluding hydrogens is 687 g/mol. The van der Waals surface area contributed by atoms with Crippen LogP contribution in [-0.4, -0.2) is 34.9 Å². The smallest absolute Gasteiger partial charge is 0.220 e. The van der Waals surface area contributed by atoms with Gasteiger partial charge in [-0.05, 0) is 12.8 Å². The standard InChI is InChI=1S/C52H105NO3/c1-3-5-7-9-11-13-15-17-19-20-21-22-23-24-25-26-27-28-29-30-31-32-34-36-38-40-42-44-46-48-52(56)53-50(49-54)51(55)47-45-43-41-39-37-35-33-18-16-14-12-10-8-6-4-2/h50-51,54-55H,3-49H2,1-2H3,(H,53,56)/t50-,51+/m0/s1. The third-order valence-electron chi connectivity index (χ3n) is 12.6. The van der Waals surface area contributed by atoms with Crippen LogP contribution in [0.2, 0.25) is 0 Å². The van der Waals surface area contributed by atoms with Crippen molar-refractivity contribution in [2.24, 2.45) is 0 Å². The molecule has 4 nitrogen and oxygen atoms in total. The van der Waals surface area contributed by atoms with E-state index in [-0.39, 0.29) is 12.5 Å². The molecule has 0 aliphatic carbocycles. The molecule has 2 atom stereocenters. The fraction of sp³-hybridized carbons (Fsp3) is 0.981. The maximum Gasteiger partial charge on any atom is 0.220 e. The van der Waals surface area contributed by atoms with Crippen LogP contribution in [0, 0.1) is 0 Å². The second-order valence-electron chi connectivity index (χ2n) is 18.3. The molecule has 0 aromatic heterocycles. The quantitative estimate of drug-likeness (QED) is 0.0538. The summed E-state index contributed by atoms with van der Waals surface area (Å²) in [6.45, 7) is 4.39. The zero-order valence-electron chi connectivity index (χ0n) is 38.7. The molecule has 4 heteroatoms. The lowest BCUT2D eigenvalue weighted by Crippen LogP contribution is -2.45. The van der Waals surface area contributed by atoms with Crippen LogP contribution in [0.1, 0.15) is 309 Å². The van der Waals surface area contributed by atoms with Crippen molar-refractivity contribution in [1.29, 1.82) is 0 Å². The predicted molar refractivity (Wildman–Crippen MR) is 249 cm³/mol. The first-order valence-corrected chi connectivity index (χ1v) is 26.2. The molecule has 3 N–H and O–H groups in total. The highest BCUT2D eigenvalue weighted by Gasteiger charge is 2.20. The summed E-state index contributed by atoms with van der Waals surface area (Å²) in [6, 6.07) is -0.530. The van der Waals surface area contributed by atoms with Gasteiger partial charge >= 0.3 is 0 Å². The molecule has 56 heavy (non-hydrogen) atoms. The minimum absolute atomic E-state index is 0.0235. The number of hydrogen-bond donors (Lipinski definition) is 3. The summed E-state index contributed by atoms with van der Waals surface area (Å²) in [7, 11) is 0. The Labute approximate surface area is 353 Å². The summed E-state index contributed by atoms with van der Waals surface area (Å²) >= 11 is 0. The van der Waals surface area contributed by atoms with Gasteiger partial charge in [0.25, 0.3) is 0 Å². The first kappa shape index (κ1) is 55.4. The second kappa shape index (κ2) is 48.8. The Kier molecular flexibility index (Phi) is 48.2. The molecule has 1 amide bonds. The summed E-state index contributed by atoms with van der Waals surface area (Å²) < 4.78 is 0. The third-order valence-corrected chi connectivity index (χ3v) is 12.6. The predicted octanol–water partition coefficient (Wildman–Crippen LogP) is 16.8. The van der Waals surface area contributed by atoms with Gasteiger partial charge in [0.15, 0.2) is 0 Å². The molecule has 0 bridgehead atoms. The van der Waals surface area contributed by atoms with Crippen molar-refractivity contribution in [2.45, 2.75) is 321 Å². The zero-order chi connectivity index (χ0) is 40.7. The molecule has 0 aromatic rings. The van der Waals surface area contributed by atoms with E-state index in [0.717, 1.165) is 25.7 Å². The van der Waals surface area contributed by atoms with Crippen molar-refractivity contribution in [2.75, 3.05) is 6.61 Å². The normalized spacial score (nSPS) is 12.7. The third kappa shape index (κ3) is 44.5. The first-order valence-electron chi connectivity index (χ1n) is 26.2. The highest BCUT2D eigenvalue weighted by molar-refractivity contribution is 5.76. The van der Waals surface area contributed by atoms with E-state index in [4.69, 9.17) is 0 Å². The topological polar surface area (TPSA) is 69.6 Å². The van der Waals surface area contributed by atoms with E-state index >= 15 is 0 Å². The van der Waals surface area contributed by atoms with Crippen LogP contribution in [0.3, 0.4) is 0 Å². The molecule has 0 radical (unpaired) electrons. The molecule has 0 rings (SSSR count). The fourth-order valence-electron chi connectivity index (χ4n) is 8.60. The van der Waals surface area contributed by atoms with Crippen molar-refractivity contribution >= 4 is 5.91 Å². The molecule has 336 valence electrons. The molecule has 0 unspecified atom stereocenters. The fourth-order valence-corrected chi connectivity index (χ4v) is 8.60. The summed E-state index contributed by atoms with van der Waals surface area (Å²) in [5.74, 6) is -0.0235. The lowest BCUT2D eigenvalue weighted by Gasteiger charge is -2.22. The second-order valence-corrected chi connectivity index (χ2v) is 18.3. The van der Waals surface area contributed by atoms with Crippen LogP contribution < -0.4 is 5.32 Å². The number of unbranched alkanes of at least 4 members (excludes halogenated alkanes) is 42. The Morgan fingerprint density at radius 3 is 0.804 bits per heavy atom. The lowest BCUT2D eigenvalue weighted by molar-refractivity contribution is -0.123. The molecule has 0 aliphatic rings. The van der Waals surface area contributed by atoms with Crippen LogP contribution in [0.25, 0.3) is 0 Å². The Morgan fingerprint density at radius 2 is 0.571 bits per heavy atom. The maximum atomic E-state index is 12.4. The van der Waals surface area contributed by atoms with Gasteiger partial charge < -0.3 is 15.5 Å². The van der Waals surface area contributed by atoms with Gasteiger partial charge in [0, 0.05) is 6.42 Å². The number of carbonyl (C=O) groups is 1. The van der Waals surface area contributed by atoms with Gasteiger partial charge in [-0.25, -0.2) is 0 Å². The number of aliphatic hydroxyl groups is 2. The summed E-state index contributed by atoms with van der Waals surface area (Å²) in [6.07, 6.45) is 60.8. The zero-order valence-corrected chi connectivity index (χ0v) is 38.7. The van der Waals surface area contributed by atoms with Gasteiger partial charge in [0.1, 0.15) is 0 Å². The van der Waals surface area contributed by atoms with E-state index in [2.05, 4.69) is 19.2 Å². The van der Waals surface area contributed by atoms with E-state index in [1.165, 1.54) is 257 Å². The highest BCUT2D eigenvalue weighted by Crippen LogP contribution is 2.18. The van der Waals surface area contributed by atoms with Crippen molar-refractivity contribution in [1.82, 2.24) is 5.32 Å². The SMILES string of the molecule is CCCCCCCCCCCCCCCCCCCCCCCCCCCCCCCC(=O)N[C@@H](CO)[C@H](O)CCCCCCCCCCCCCCCCC. The summed E-state index contributed by atoms with van der Waals surface area (Å²) in [5, 5.41) is 23.2. The van der Waals surface area contributed by atoms with Crippen LogP contribution in [-0.2, 0) is 4.79 Å². The molecule has 0 heterocycles. The van der Waals surface area contributed by atoms with Gasteiger partial charge in [-0.15, -0.1) is 0 Å². The molecule has 0 fully saturated rings. The highest BCUT2D eigenvalue weighted by atomic mass is 16.3. The number of nitrogens with one attached hydrogen (secondary N) is 1. The van der Waals surface area contributed by atoms with Crippen LogP contribution >= 0.6 is 0 Å². The number of carbonyl (C=O) groups excluding carboxylic acids is 1. The lowest BCUT2D eigenvalue weighted by atomic mass is 10.0. The van der Waals surface area contributed by atoms with Gasteiger partial charge in [-0.3, -0.25) is 4.79 Å². The first-order chi connectivity index (χ1) is 27.7. The van der Waals surface area contributed by atoms with Crippen LogP contribution in [0.5, 0.6) is 0 Å². The van der Waals surface area contributed by atoms with E-state index in [1.807, 2.05) is 0 Å². The Balaban J connectivity index is 3.38. The van der Waals surface area contributed by atoms with Crippen molar-refractivity contribution < 1.29 is 15.0 Å². The average molecular weight is 792 g/mol. The monoisotopic (exact) mass is 792 g/mol. The largest absolute Gasteiger partial charge is 0.394 e. The average Bonchev–Trinajstić information content (AvgIpc) is 3.20. The molecule has 0 saturated carbocycles. The van der Waals surface area contributed by atoms with Gasteiger partial charge in [0.2, 0.25) is 5.91 Å². The van der Waals surface area contributed by atoms with Crippen LogP contribution in [0.15, 0.2) is 0 Å². The van der Waals surface area contributed by atoms with Gasteiger partial charge in [-0.1, -0.05) is 290 Å². The Morgan fingerprint density at radius 1 is 0.357 bits per heavy atom. The maximum absolute atomic E-state index is 12.4. The van der Waals surface area contributed by atoms with Crippen molar-refractivity contribution in [3.05, 3.63) is 0 Å². The molecule has 0 saturated heterocycles. The van der Waals surface area contributed by atoms with E-state index in [0.29, 0.717) is 12.8 Å². The number of rotatable bonds is 49. The van der Waals surface area contributed by atoms with E-state index in [9.17, 15) is 15.0 Å². The molecule has 0 aromatic carbocycles. The van der Waals surface area contributed by atoms with Gasteiger partial charge in [-0.2, -0.15) is 0 Å². The summed E-state index contributed by atoms with van der Waals surface area (Å²) in [4.78, 5) is 12.4. The van der Waals surface area contributed by atoms with Crippen molar-refractivity contribution in [3.8, 4) is 0 Å². The Bertz CT molecular complexity index is 729. The van der Waals surface area contributed by atoms with E-state index < -0.39 is 12.1 Å². The van der Waals surface area contributed by atoms with Crippen molar-refractivity contribution in [3.63, 3.8) is 0 Å². The Hall–Kier alpha value is -0.610. The molecule has 0 spiro atoms. The van der Waals surface area contributed by atoms with Gasteiger partial charge in [0.05, 0.1) is 18.8 Å². The number of aliphatic hydroxyl groups excluding tert-OH is 2.